The Hall–Kier alpha value is -3.32. The smallest absolute Gasteiger partial charge is 0.255 e. The lowest BCUT2D eigenvalue weighted by Gasteiger charge is -2.21. The van der Waals surface area contributed by atoms with Crippen LogP contribution in [0.3, 0.4) is 0 Å². The first-order chi connectivity index (χ1) is 15.4. The van der Waals surface area contributed by atoms with Crippen molar-refractivity contribution in [1.29, 1.82) is 0 Å². The Balaban J connectivity index is 1.30. The van der Waals surface area contributed by atoms with Crippen LogP contribution >= 0.6 is 0 Å². The molecule has 1 aliphatic carbocycles. The van der Waals surface area contributed by atoms with E-state index in [0.717, 1.165) is 25.7 Å². The molecule has 5 rings (SSSR count). The van der Waals surface area contributed by atoms with Crippen molar-refractivity contribution in [3.8, 4) is 11.5 Å². The van der Waals surface area contributed by atoms with Crippen molar-refractivity contribution in [3.05, 3.63) is 83.9 Å². The zero-order valence-corrected chi connectivity index (χ0v) is 18.2. The van der Waals surface area contributed by atoms with Crippen LogP contribution < -0.4 is 14.8 Å². The Morgan fingerprint density at radius 3 is 2.41 bits per heavy atom. The Morgan fingerprint density at radius 2 is 1.62 bits per heavy atom. The summed E-state index contributed by atoms with van der Waals surface area (Å²) in [6.07, 6.45) is 3.88. The molecule has 32 heavy (non-hydrogen) atoms. The molecule has 1 amide bonds. The third kappa shape index (κ3) is 4.08. The van der Waals surface area contributed by atoms with Crippen molar-refractivity contribution in [3.63, 3.8) is 0 Å². The van der Waals surface area contributed by atoms with Gasteiger partial charge in [-0.3, -0.25) is 4.79 Å². The predicted molar refractivity (Wildman–Crippen MR) is 121 cm³/mol. The Bertz CT molecular complexity index is 1260. The minimum Gasteiger partial charge on any atom is -0.448 e. The van der Waals surface area contributed by atoms with E-state index in [1.807, 2.05) is 0 Å². The number of fused-ring (bicyclic) bond motifs is 1. The molecule has 7 heteroatoms. The third-order valence-corrected chi connectivity index (χ3v) is 7.51. The minimum atomic E-state index is -3.49. The number of carbonyl (C=O) groups is 1. The predicted octanol–water partition coefficient (Wildman–Crippen LogP) is 4.95. The summed E-state index contributed by atoms with van der Waals surface area (Å²) >= 11 is 0. The van der Waals surface area contributed by atoms with Gasteiger partial charge in [0.2, 0.25) is 0 Å². The summed E-state index contributed by atoms with van der Waals surface area (Å²) in [5, 5.41) is 2.86. The summed E-state index contributed by atoms with van der Waals surface area (Å²) in [6.45, 7) is 0. The first kappa shape index (κ1) is 20.6. The maximum Gasteiger partial charge on any atom is 0.255 e. The van der Waals surface area contributed by atoms with Crippen molar-refractivity contribution < 1.29 is 22.7 Å². The van der Waals surface area contributed by atoms with Gasteiger partial charge in [-0.05, 0) is 54.8 Å². The zero-order valence-electron chi connectivity index (χ0n) is 17.4. The normalized spacial score (nSPS) is 16.2. The molecule has 0 saturated heterocycles. The lowest BCUT2D eigenvalue weighted by Crippen LogP contribution is -2.34. The summed E-state index contributed by atoms with van der Waals surface area (Å²) in [7, 11) is -3.49. The first-order valence-electron chi connectivity index (χ1n) is 10.6. The highest BCUT2D eigenvalue weighted by atomic mass is 32.2. The van der Waals surface area contributed by atoms with Crippen LogP contribution in [0.25, 0.3) is 0 Å². The third-order valence-electron chi connectivity index (χ3n) is 5.81. The van der Waals surface area contributed by atoms with E-state index in [2.05, 4.69) is 5.32 Å². The highest BCUT2D eigenvalue weighted by Gasteiger charge is 2.44. The van der Waals surface area contributed by atoms with Gasteiger partial charge in [0.05, 0.1) is 10.6 Å². The topological polar surface area (TPSA) is 81.7 Å². The molecule has 1 aliphatic heterocycles. The lowest BCUT2D eigenvalue weighted by molar-refractivity contribution is -0.0716. The number of hydrogen-bond donors (Lipinski definition) is 1. The van der Waals surface area contributed by atoms with Crippen LogP contribution in [0.2, 0.25) is 0 Å². The first-order valence-corrected chi connectivity index (χ1v) is 12.3. The van der Waals surface area contributed by atoms with Crippen LogP contribution in [0.1, 0.15) is 41.6 Å². The van der Waals surface area contributed by atoms with E-state index in [4.69, 9.17) is 9.47 Å². The van der Waals surface area contributed by atoms with Crippen LogP contribution in [0.5, 0.6) is 11.5 Å². The average molecular weight is 450 g/mol. The van der Waals surface area contributed by atoms with Crippen LogP contribution in [0.15, 0.2) is 77.7 Å². The molecule has 0 atom stereocenters. The number of anilines is 1. The van der Waals surface area contributed by atoms with Gasteiger partial charge < -0.3 is 14.8 Å². The molecule has 1 heterocycles. The molecule has 1 N–H and O–H groups in total. The van der Waals surface area contributed by atoms with Crippen LogP contribution in [0.4, 0.5) is 5.69 Å². The second-order valence-electron chi connectivity index (χ2n) is 8.21. The molecule has 1 fully saturated rings. The number of sulfone groups is 1. The molecule has 164 valence electrons. The average Bonchev–Trinajstić information content (AvgIpc) is 3.39. The van der Waals surface area contributed by atoms with E-state index in [1.54, 1.807) is 72.8 Å². The molecule has 1 saturated carbocycles. The standard InChI is InChI=1S/C25H23NO5S/c27-24(26-20-11-12-22-23(16-20)31-25(30-22)13-4-5-14-25)19-8-6-7-18(15-19)17-32(28,29)21-9-2-1-3-10-21/h1-3,6-12,15-16H,4-5,13-14,17H2,(H,26,27). The van der Waals surface area contributed by atoms with E-state index >= 15 is 0 Å². The van der Waals surface area contributed by atoms with E-state index < -0.39 is 15.6 Å². The fourth-order valence-electron chi connectivity index (χ4n) is 4.23. The fourth-order valence-corrected chi connectivity index (χ4v) is 5.58. The summed E-state index contributed by atoms with van der Waals surface area (Å²) in [5.74, 6) is 0.275. The van der Waals surface area contributed by atoms with E-state index in [0.29, 0.717) is 28.3 Å². The van der Waals surface area contributed by atoms with Crippen molar-refractivity contribution in [2.24, 2.45) is 0 Å². The number of hydrogen-bond acceptors (Lipinski definition) is 5. The molecule has 1 spiro atoms. The van der Waals surface area contributed by atoms with E-state index in [9.17, 15) is 13.2 Å². The van der Waals surface area contributed by atoms with Gasteiger partial charge >= 0.3 is 0 Å². The second kappa shape index (κ2) is 7.98. The van der Waals surface area contributed by atoms with Crippen molar-refractivity contribution in [2.75, 3.05) is 5.32 Å². The molecule has 0 radical (unpaired) electrons. The molecule has 3 aromatic carbocycles. The van der Waals surface area contributed by atoms with Crippen LogP contribution in [-0.2, 0) is 15.6 Å². The maximum atomic E-state index is 12.8. The van der Waals surface area contributed by atoms with Gasteiger partial charge in [-0.2, -0.15) is 0 Å². The summed E-state index contributed by atoms with van der Waals surface area (Å²) < 4.78 is 37.4. The number of ether oxygens (including phenoxy) is 2. The highest BCUT2D eigenvalue weighted by Crippen LogP contribution is 2.47. The maximum absolute atomic E-state index is 12.8. The molecule has 3 aromatic rings. The van der Waals surface area contributed by atoms with Crippen LogP contribution in [0, 0.1) is 0 Å². The highest BCUT2D eigenvalue weighted by molar-refractivity contribution is 7.90. The largest absolute Gasteiger partial charge is 0.448 e. The number of amides is 1. The monoisotopic (exact) mass is 449 g/mol. The molecule has 2 aliphatic rings. The second-order valence-corrected chi connectivity index (χ2v) is 10.2. The van der Waals surface area contributed by atoms with Gasteiger partial charge in [-0.1, -0.05) is 30.3 Å². The van der Waals surface area contributed by atoms with Gasteiger partial charge in [0.1, 0.15) is 0 Å². The number of rotatable bonds is 5. The summed E-state index contributed by atoms with van der Waals surface area (Å²) in [4.78, 5) is 13.1. The summed E-state index contributed by atoms with van der Waals surface area (Å²) in [6, 6.07) is 20.3. The van der Waals surface area contributed by atoms with Gasteiger partial charge in [0.15, 0.2) is 21.3 Å². The molecule has 0 unspecified atom stereocenters. The fraction of sp³-hybridized carbons (Fsp3) is 0.240. The molecule has 0 bridgehead atoms. The minimum absolute atomic E-state index is 0.176. The molecule has 0 aromatic heterocycles. The Labute approximate surface area is 187 Å². The Morgan fingerprint density at radius 1 is 0.875 bits per heavy atom. The number of nitrogens with one attached hydrogen (secondary N) is 1. The van der Waals surface area contributed by atoms with E-state index in [-0.39, 0.29) is 16.6 Å². The van der Waals surface area contributed by atoms with Crippen LogP contribution in [-0.4, -0.2) is 20.1 Å². The molecular formula is C25H23NO5S. The zero-order chi connectivity index (χ0) is 22.2. The molecular weight excluding hydrogens is 426 g/mol. The van der Waals surface area contributed by atoms with Crippen molar-refractivity contribution in [2.45, 2.75) is 42.1 Å². The Kier molecular flexibility index (Phi) is 5.13. The lowest BCUT2D eigenvalue weighted by atomic mass is 10.1. The number of carbonyl (C=O) groups excluding carboxylic acids is 1. The summed E-state index contributed by atoms with van der Waals surface area (Å²) in [5.41, 5.74) is 1.53. The van der Waals surface area contributed by atoms with Gasteiger partial charge in [0.25, 0.3) is 11.7 Å². The van der Waals surface area contributed by atoms with Gasteiger partial charge in [-0.15, -0.1) is 0 Å². The number of benzene rings is 3. The van der Waals surface area contributed by atoms with Crippen molar-refractivity contribution >= 4 is 21.4 Å². The van der Waals surface area contributed by atoms with Crippen molar-refractivity contribution in [1.82, 2.24) is 0 Å². The quantitative estimate of drug-likeness (QED) is 0.596. The SMILES string of the molecule is O=C(Nc1ccc2c(c1)OC1(CCCC1)O2)c1cccc(CS(=O)(=O)c2ccccc2)c1. The van der Waals surface area contributed by atoms with Gasteiger partial charge in [0, 0.05) is 30.2 Å². The van der Waals surface area contributed by atoms with Gasteiger partial charge in [-0.25, -0.2) is 8.42 Å². The van der Waals surface area contributed by atoms with E-state index in [1.165, 1.54) is 0 Å². The molecule has 6 nitrogen and oxygen atoms in total.